The molecule has 0 bridgehead atoms. The van der Waals surface area contributed by atoms with Crippen molar-refractivity contribution in [3.63, 3.8) is 0 Å². The molecule has 0 spiro atoms. The number of unbranched alkanes of at least 4 members (excludes halogenated alkanes) is 13. The molecule has 168 valence electrons. The Morgan fingerprint density at radius 1 is 0.690 bits per heavy atom. The molecule has 0 aliphatic heterocycles. The van der Waals surface area contributed by atoms with Crippen molar-refractivity contribution in [1.29, 1.82) is 0 Å². The lowest BCUT2D eigenvalue weighted by Crippen LogP contribution is -2.29. The van der Waals surface area contributed by atoms with Gasteiger partial charge in [-0.15, -0.1) is 0 Å². The van der Waals surface area contributed by atoms with Crippen molar-refractivity contribution in [3.05, 3.63) is 25.7 Å². The van der Waals surface area contributed by atoms with Crippen LogP contribution in [0, 0.1) is 11.8 Å². The Balaban J connectivity index is 3.82. The lowest BCUT2D eigenvalue weighted by molar-refractivity contribution is -0.154. The largest absolute Gasteiger partial charge is 0.435 e. The quantitative estimate of drug-likeness (QED) is 0.119. The number of hydrogen-bond acceptors (Lipinski definition) is 4. The lowest BCUT2D eigenvalue weighted by atomic mass is 9.88. The van der Waals surface area contributed by atoms with E-state index in [4.69, 9.17) is 9.47 Å². The topological polar surface area (TPSA) is 52.6 Å². The van der Waals surface area contributed by atoms with Crippen LogP contribution in [0.4, 0.5) is 0 Å². The smallest absolute Gasteiger partial charge is 0.314 e. The molecular formula is C25H44O4. The van der Waals surface area contributed by atoms with Crippen LogP contribution in [-0.4, -0.2) is 11.9 Å². The van der Waals surface area contributed by atoms with E-state index in [0.717, 1.165) is 25.4 Å². The third-order valence-corrected chi connectivity index (χ3v) is 5.55. The van der Waals surface area contributed by atoms with Gasteiger partial charge in [0.2, 0.25) is 0 Å². The average Bonchev–Trinajstić information content (AvgIpc) is 2.70. The van der Waals surface area contributed by atoms with Gasteiger partial charge < -0.3 is 9.47 Å². The van der Waals surface area contributed by atoms with Crippen LogP contribution in [0.25, 0.3) is 0 Å². The van der Waals surface area contributed by atoms with Crippen LogP contribution in [0.3, 0.4) is 0 Å². The summed E-state index contributed by atoms with van der Waals surface area (Å²) in [6.07, 6.45) is 20.9. The number of ether oxygens (including phenoxy) is 2. The molecule has 0 amide bonds. The average molecular weight is 409 g/mol. The maximum Gasteiger partial charge on any atom is 0.314 e. The predicted octanol–water partition coefficient (Wildman–Crippen LogP) is 7.48. The van der Waals surface area contributed by atoms with Crippen molar-refractivity contribution >= 4 is 11.9 Å². The molecule has 29 heavy (non-hydrogen) atoms. The van der Waals surface area contributed by atoms with Gasteiger partial charge in [-0.2, -0.15) is 0 Å². The molecule has 0 aromatic heterocycles. The van der Waals surface area contributed by atoms with E-state index in [1.54, 1.807) is 6.92 Å². The number of hydrogen-bond donors (Lipinski definition) is 0. The predicted molar refractivity (Wildman–Crippen MR) is 120 cm³/mol. The first-order valence-corrected chi connectivity index (χ1v) is 11.7. The van der Waals surface area contributed by atoms with Gasteiger partial charge in [-0.3, -0.25) is 9.59 Å². The Labute approximate surface area is 179 Å². The van der Waals surface area contributed by atoms with Crippen molar-refractivity contribution in [2.75, 3.05) is 0 Å². The summed E-state index contributed by atoms with van der Waals surface area (Å²) in [5.41, 5.74) is 0. The molecule has 0 heterocycles. The highest BCUT2D eigenvalue weighted by molar-refractivity contribution is 5.82. The molecule has 0 saturated heterocycles. The SMILES string of the molecule is C=COC(=O)C(C)C(CCCCCCCCCCCCCCCC)C(=O)OC=C. The Bertz CT molecular complexity index is 444. The molecule has 0 N–H and O–H groups in total. The molecule has 0 aromatic carbocycles. The maximum absolute atomic E-state index is 12.1. The Morgan fingerprint density at radius 3 is 1.48 bits per heavy atom. The summed E-state index contributed by atoms with van der Waals surface area (Å²) < 4.78 is 9.74. The van der Waals surface area contributed by atoms with Crippen molar-refractivity contribution < 1.29 is 19.1 Å². The molecule has 2 atom stereocenters. The van der Waals surface area contributed by atoms with E-state index in [1.807, 2.05) is 0 Å². The van der Waals surface area contributed by atoms with Crippen LogP contribution in [0.5, 0.6) is 0 Å². The van der Waals surface area contributed by atoms with E-state index >= 15 is 0 Å². The van der Waals surface area contributed by atoms with Crippen LogP contribution >= 0.6 is 0 Å². The third kappa shape index (κ3) is 15.0. The van der Waals surface area contributed by atoms with Gasteiger partial charge in [0.15, 0.2) is 0 Å². The van der Waals surface area contributed by atoms with Gasteiger partial charge in [-0.25, -0.2) is 0 Å². The van der Waals surface area contributed by atoms with Gasteiger partial charge in [-0.05, 0) is 6.42 Å². The first-order valence-electron chi connectivity index (χ1n) is 11.7. The summed E-state index contributed by atoms with van der Waals surface area (Å²) in [4.78, 5) is 24.0. The van der Waals surface area contributed by atoms with Gasteiger partial charge in [0.05, 0.1) is 24.4 Å². The molecule has 4 heteroatoms. The Morgan fingerprint density at radius 2 is 1.07 bits per heavy atom. The standard InChI is InChI=1S/C25H44O4/c1-5-8-9-10-11-12-13-14-15-16-17-18-19-20-21-23(25(27)29-7-3)22(4)24(26)28-6-2/h6-7,22-23H,2-3,5,8-21H2,1,4H3. The molecule has 0 aliphatic rings. The van der Waals surface area contributed by atoms with Crippen molar-refractivity contribution in [1.82, 2.24) is 0 Å². The molecule has 0 fully saturated rings. The van der Waals surface area contributed by atoms with Crippen LogP contribution in [-0.2, 0) is 19.1 Å². The van der Waals surface area contributed by atoms with Crippen LogP contribution < -0.4 is 0 Å². The zero-order chi connectivity index (χ0) is 21.7. The number of carbonyl (C=O) groups is 2. The van der Waals surface area contributed by atoms with Crippen molar-refractivity contribution in [3.8, 4) is 0 Å². The molecule has 0 aromatic rings. The number of rotatable bonds is 20. The number of esters is 2. The third-order valence-electron chi connectivity index (χ3n) is 5.55. The molecule has 2 unspecified atom stereocenters. The summed E-state index contributed by atoms with van der Waals surface area (Å²) in [6.45, 7) is 10.8. The fourth-order valence-electron chi connectivity index (χ4n) is 3.65. The normalized spacial score (nSPS) is 12.8. The highest BCUT2D eigenvalue weighted by Crippen LogP contribution is 2.23. The van der Waals surface area contributed by atoms with Crippen LogP contribution in [0.2, 0.25) is 0 Å². The lowest BCUT2D eigenvalue weighted by Gasteiger charge is -2.19. The summed E-state index contributed by atoms with van der Waals surface area (Å²) in [5.74, 6) is -1.92. The summed E-state index contributed by atoms with van der Waals surface area (Å²) in [5, 5.41) is 0. The van der Waals surface area contributed by atoms with E-state index in [0.29, 0.717) is 6.42 Å². The van der Waals surface area contributed by atoms with E-state index in [9.17, 15) is 9.59 Å². The first-order chi connectivity index (χ1) is 14.1. The fourth-order valence-corrected chi connectivity index (χ4v) is 3.65. The molecular weight excluding hydrogens is 364 g/mol. The van der Waals surface area contributed by atoms with Gasteiger partial charge >= 0.3 is 11.9 Å². The van der Waals surface area contributed by atoms with E-state index in [1.165, 1.54) is 77.0 Å². The highest BCUT2D eigenvalue weighted by atomic mass is 16.5. The Hall–Kier alpha value is -1.58. The minimum absolute atomic E-state index is 0.414. The summed E-state index contributed by atoms with van der Waals surface area (Å²) in [7, 11) is 0. The summed E-state index contributed by atoms with van der Waals surface area (Å²) in [6, 6.07) is 0. The minimum atomic E-state index is -0.553. The van der Waals surface area contributed by atoms with E-state index in [2.05, 4.69) is 20.1 Å². The second-order valence-electron chi connectivity index (χ2n) is 7.99. The monoisotopic (exact) mass is 408 g/mol. The second-order valence-corrected chi connectivity index (χ2v) is 7.99. The van der Waals surface area contributed by atoms with Gasteiger partial charge in [0.25, 0.3) is 0 Å². The van der Waals surface area contributed by atoms with Crippen molar-refractivity contribution in [2.24, 2.45) is 11.8 Å². The molecule has 0 rings (SSSR count). The van der Waals surface area contributed by atoms with Gasteiger partial charge in [-0.1, -0.05) is 117 Å². The summed E-state index contributed by atoms with van der Waals surface area (Å²) >= 11 is 0. The van der Waals surface area contributed by atoms with Crippen LogP contribution in [0.1, 0.15) is 110 Å². The van der Waals surface area contributed by atoms with E-state index in [-0.39, 0.29) is 0 Å². The fraction of sp³-hybridized carbons (Fsp3) is 0.760. The molecule has 4 nitrogen and oxygen atoms in total. The van der Waals surface area contributed by atoms with Crippen molar-refractivity contribution in [2.45, 2.75) is 110 Å². The number of carbonyl (C=O) groups excluding carboxylic acids is 2. The molecule has 0 aliphatic carbocycles. The molecule has 0 radical (unpaired) electrons. The van der Waals surface area contributed by atoms with E-state index < -0.39 is 23.8 Å². The first kappa shape index (κ1) is 27.4. The Kier molecular flexibility index (Phi) is 18.6. The van der Waals surface area contributed by atoms with Crippen LogP contribution in [0.15, 0.2) is 25.7 Å². The zero-order valence-electron chi connectivity index (χ0n) is 19.0. The highest BCUT2D eigenvalue weighted by Gasteiger charge is 2.31. The minimum Gasteiger partial charge on any atom is -0.435 e. The van der Waals surface area contributed by atoms with Gasteiger partial charge in [0, 0.05) is 0 Å². The zero-order valence-corrected chi connectivity index (χ0v) is 19.0. The van der Waals surface area contributed by atoms with Gasteiger partial charge in [0.1, 0.15) is 0 Å². The molecule has 0 saturated carbocycles. The maximum atomic E-state index is 12.1. The second kappa shape index (κ2) is 19.7.